The first-order chi connectivity index (χ1) is 21.2. The minimum absolute atomic E-state index is 0.0103. The Kier molecular flexibility index (Phi) is 4.70. The van der Waals surface area contributed by atoms with Crippen LogP contribution in [0, 0.1) is 11.3 Å². The van der Waals surface area contributed by atoms with Crippen LogP contribution < -0.4 is 0 Å². The van der Waals surface area contributed by atoms with E-state index in [1.807, 2.05) is 66.7 Å². The van der Waals surface area contributed by atoms with E-state index in [1.54, 1.807) is 0 Å². The number of para-hydroxylation sites is 1. The molecule has 4 aromatic heterocycles. The van der Waals surface area contributed by atoms with Crippen molar-refractivity contribution in [2.75, 3.05) is 0 Å². The van der Waals surface area contributed by atoms with Gasteiger partial charge in [-0.25, -0.2) is 4.99 Å². The number of fused-ring (bicyclic) bond motifs is 9. The number of hydrogen-bond donors (Lipinski definition) is 0. The topological polar surface area (TPSA) is 101 Å². The maximum atomic E-state index is 9.29. The molecule has 0 N–H and O–H groups in total. The number of nitriles is 1. The normalized spacial score (nSPS) is 11.8. The predicted molar refractivity (Wildman–Crippen MR) is 169 cm³/mol. The molecule has 0 unspecified atom stereocenters. The van der Waals surface area contributed by atoms with E-state index in [-0.39, 0.29) is 5.82 Å². The molecule has 0 fully saturated rings. The molecule has 0 bridgehead atoms. The fourth-order valence-corrected chi connectivity index (χ4v) is 6.04. The van der Waals surface area contributed by atoms with Gasteiger partial charge in [-0.15, -0.1) is 0 Å². The number of furan rings is 3. The fourth-order valence-electron chi connectivity index (χ4n) is 6.04. The van der Waals surface area contributed by atoms with E-state index >= 15 is 0 Å². The van der Waals surface area contributed by atoms with Gasteiger partial charge in [-0.1, -0.05) is 42.5 Å². The monoisotopic (exact) mass is 554 g/mol. The zero-order valence-corrected chi connectivity index (χ0v) is 22.5. The highest BCUT2D eigenvalue weighted by Crippen LogP contribution is 2.39. The van der Waals surface area contributed by atoms with Crippen molar-refractivity contribution in [1.29, 1.82) is 5.26 Å². The highest BCUT2D eigenvalue weighted by Gasteiger charge is 2.17. The Morgan fingerprint density at radius 2 is 1.05 bits per heavy atom. The highest BCUT2D eigenvalue weighted by atomic mass is 16.3. The largest absolute Gasteiger partial charge is 0.456 e. The molecule has 0 aliphatic rings. The third-order valence-corrected chi connectivity index (χ3v) is 8.07. The number of benzene rings is 5. The van der Waals surface area contributed by atoms with Crippen molar-refractivity contribution >= 4 is 78.5 Å². The van der Waals surface area contributed by atoms with Crippen LogP contribution >= 0.6 is 0 Å². The molecule has 7 nitrogen and oxygen atoms in total. The lowest BCUT2D eigenvalue weighted by atomic mass is 9.98. The van der Waals surface area contributed by atoms with Crippen molar-refractivity contribution in [3.05, 3.63) is 103 Å². The average molecular weight is 555 g/mol. The molecular formula is C36H18N4O3. The summed E-state index contributed by atoms with van der Waals surface area (Å²) in [5, 5.41) is 15.0. The molecule has 0 radical (unpaired) electrons. The Bertz CT molecular complexity index is 2670. The van der Waals surface area contributed by atoms with E-state index in [4.69, 9.17) is 13.3 Å². The van der Waals surface area contributed by atoms with E-state index < -0.39 is 0 Å². The van der Waals surface area contributed by atoms with E-state index in [2.05, 4.69) is 58.1 Å². The zero-order valence-electron chi connectivity index (χ0n) is 22.5. The van der Waals surface area contributed by atoms with Gasteiger partial charge in [0.25, 0.3) is 0 Å². The molecular weight excluding hydrogens is 536 g/mol. The summed E-state index contributed by atoms with van der Waals surface area (Å²) in [6.07, 6.45) is 0. The smallest absolute Gasteiger partial charge is 0.237 e. The Hall–Kier alpha value is -6.26. The zero-order chi connectivity index (χ0) is 28.7. The number of hydrogen-bond acceptors (Lipinski definition) is 7. The first kappa shape index (κ1) is 23.4. The van der Waals surface area contributed by atoms with Crippen LogP contribution in [0.5, 0.6) is 0 Å². The number of aromatic nitrogens is 2. The van der Waals surface area contributed by atoms with Crippen molar-refractivity contribution in [3.63, 3.8) is 0 Å². The molecule has 0 saturated carbocycles. The third kappa shape index (κ3) is 3.44. The van der Waals surface area contributed by atoms with E-state index in [0.717, 1.165) is 71.5 Å². The van der Waals surface area contributed by atoms with Gasteiger partial charge in [0.15, 0.2) is 5.82 Å². The Balaban J connectivity index is 1.19. The molecule has 0 saturated heterocycles. The molecule has 200 valence electrons. The first-order valence-corrected chi connectivity index (χ1v) is 13.7. The van der Waals surface area contributed by atoms with Gasteiger partial charge in [0.1, 0.15) is 34.0 Å². The molecule has 7 heteroatoms. The Labute approximate surface area is 242 Å². The van der Waals surface area contributed by atoms with Gasteiger partial charge in [0, 0.05) is 26.9 Å². The molecule has 9 rings (SSSR count). The van der Waals surface area contributed by atoms with Crippen molar-refractivity contribution in [2.45, 2.75) is 0 Å². The molecule has 0 amide bonds. The second-order valence-corrected chi connectivity index (χ2v) is 10.5. The first-order valence-electron chi connectivity index (χ1n) is 13.7. The van der Waals surface area contributed by atoms with Gasteiger partial charge >= 0.3 is 0 Å². The Morgan fingerprint density at radius 1 is 0.558 bits per heavy atom. The third-order valence-electron chi connectivity index (χ3n) is 8.07. The standard InChI is InChI=1S/C36H18N4O3/c1-38-35-34-27-17-22(9-13-32(27)43-36(34)40-33(18-37)39-35)21-8-12-31-26(16-21)25-15-20(7-11-30(25)42-31)19-6-10-29-24(14-19)23-4-2-3-5-28(23)41-29/h2-17H,1H2. The summed E-state index contributed by atoms with van der Waals surface area (Å²) in [5.74, 6) is 0.312. The summed E-state index contributed by atoms with van der Waals surface area (Å²) in [6, 6.07) is 34.8. The summed E-state index contributed by atoms with van der Waals surface area (Å²) in [7, 11) is 0. The molecule has 0 atom stereocenters. The summed E-state index contributed by atoms with van der Waals surface area (Å²) in [5.41, 5.74) is 8.56. The van der Waals surface area contributed by atoms with Crippen LogP contribution in [-0.2, 0) is 0 Å². The highest BCUT2D eigenvalue weighted by molar-refractivity contribution is 6.12. The molecule has 9 aromatic rings. The fraction of sp³-hybridized carbons (Fsp3) is 0. The number of aliphatic imine (C=N–C) groups is 1. The van der Waals surface area contributed by atoms with Gasteiger partial charge in [0.2, 0.25) is 11.5 Å². The summed E-state index contributed by atoms with van der Waals surface area (Å²) in [4.78, 5) is 12.5. The van der Waals surface area contributed by atoms with Crippen LogP contribution in [0.1, 0.15) is 5.82 Å². The molecule has 0 spiro atoms. The van der Waals surface area contributed by atoms with Gasteiger partial charge in [0.05, 0.1) is 5.39 Å². The predicted octanol–water partition coefficient (Wildman–Crippen LogP) is 9.71. The summed E-state index contributed by atoms with van der Waals surface area (Å²) in [6.45, 7) is 3.63. The van der Waals surface area contributed by atoms with Gasteiger partial charge in [-0.3, -0.25) is 0 Å². The van der Waals surface area contributed by atoms with Gasteiger partial charge in [-0.05, 0) is 83.6 Å². The number of nitrogens with zero attached hydrogens (tertiary/aromatic N) is 4. The molecule has 43 heavy (non-hydrogen) atoms. The lowest BCUT2D eigenvalue weighted by molar-refractivity contribution is 0.652. The van der Waals surface area contributed by atoms with Crippen molar-refractivity contribution in [2.24, 2.45) is 4.99 Å². The van der Waals surface area contributed by atoms with Crippen LogP contribution in [0.4, 0.5) is 5.82 Å². The minimum Gasteiger partial charge on any atom is -0.456 e. The summed E-state index contributed by atoms with van der Waals surface area (Å²) >= 11 is 0. The van der Waals surface area contributed by atoms with Crippen LogP contribution in [0.2, 0.25) is 0 Å². The van der Waals surface area contributed by atoms with E-state index in [1.165, 1.54) is 0 Å². The van der Waals surface area contributed by atoms with Gasteiger partial charge < -0.3 is 13.3 Å². The number of rotatable bonds is 3. The van der Waals surface area contributed by atoms with E-state index in [0.29, 0.717) is 22.5 Å². The lowest BCUT2D eigenvalue weighted by Crippen LogP contribution is -1.88. The molecule has 0 aliphatic carbocycles. The maximum absolute atomic E-state index is 9.29. The second kappa shape index (κ2) is 8.62. The van der Waals surface area contributed by atoms with Crippen molar-refractivity contribution in [1.82, 2.24) is 9.97 Å². The second-order valence-electron chi connectivity index (χ2n) is 10.5. The molecule has 5 aromatic carbocycles. The van der Waals surface area contributed by atoms with E-state index in [9.17, 15) is 5.26 Å². The van der Waals surface area contributed by atoms with Crippen molar-refractivity contribution < 1.29 is 13.3 Å². The quantitative estimate of drug-likeness (QED) is 0.201. The minimum atomic E-state index is -0.0103. The molecule has 0 aliphatic heterocycles. The van der Waals surface area contributed by atoms with Crippen LogP contribution in [0.15, 0.2) is 115 Å². The average Bonchev–Trinajstić information content (AvgIpc) is 3.73. The van der Waals surface area contributed by atoms with Gasteiger partial charge in [-0.2, -0.15) is 15.2 Å². The van der Waals surface area contributed by atoms with Crippen LogP contribution in [-0.4, -0.2) is 16.7 Å². The molecule has 4 heterocycles. The lowest BCUT2D eigenvalue weighted by Gasteiger charge is -2.04. The van der Waals surface area contributed by atoms with Crippen LogP contribution in [0.3, 0.4) is 0 Å². The van der Waals surface area contributed by atoms with Crippen molar-refractivity contribution in [3.8, 4) is 28.3 Å². The summed E-state index contributed by atoms with van der Waals surface area (Å²) < 4.78 is 18.2. The SMILES string of the molecule is C=Nc1nc(C#N)nc2oc3ccc(-c4ccc5oc6ccc(-c7ccc8oc9ccccc9c8c7)cc6c5c4)cc3c12. The maximum Gasteiger partial charge on any atom is 0.237 e. The van der Waals surface area contributed by atoms with Crippen LogP contribution in [0.25, 0.3) is 88.2 Å². The Morgan fingerprint density at radius 3 is 1.60 bits per heavy atom.